The van der Waals surface area contributed by atoms with E-state index in [0.29, 0.717) is 0 Å². The number of hydrogen-bond donors (Lipinski definition) is 1. The standard InChI is InChI=1S/C31H30N2O3/c1-2-27(23-8-4-3-5-9-23)31(24-14-11-22(12-15-24)13-18-30(34)35)25-16-17-28-26(20-25)21-32-33(28)29-10-6-7-19-36-29/h3-5,8-9,11-18,20-21,29H,2,6-7,10,19H2,1H3,(H,34,35)/b18-13?,31-27-. The van der Waals surface area contributed by atoms with Crippen molar-refractivity contribution in [1.82, 2.24) is 9.78 Å². The summed E-state index contributed by atoms with van der Waals surface area (Å²) in [6.07, 6.45) is 8.83. The molecule has 5 heteroatoms. The van der Waals surface area contributed by atoms with Crippen molar-refractivity contribution in [2.45, 2.75) is 38.8 Å². The van der Waals surface area contributed by atoms with Crippen LogP contribution < -0.4 is 0 Å². The lowest BCUT2D eigenvalue weighted by Gasteiger charge is -2.23. The minimum Gasteiger partial charge on any atom is -0.478 e. The minimum atomic E-state index is -0.954. The fourth-order valence-corrected chi connectivity index (χ4v) is 4.96. The average molecular weight is 479 g/mol. The van der Waals surface area contributed by atoms with E-state index in [1.807, 2.05) is 29.1 Å². The summed E-state index contributed by atoms with van der Waals surface area (Å²) in [5, 5.41) is 14.7. The van der Waals surface area contributed by atoms with Gasteiger partial charge >= 0.3 is 5.97 Å². The second kappa shape index (κ2) is 10.8. The molecule has 0 aliphatic carbocycles. The number of carbonyl (C=O) groups is 1. The zero-order valence-electron chi connectivity index (χ0n) is 20.4. The van der Waals surface area contributed by atoms with E-state index >= 15 is 0 Å². The van der Waals surface area contributed by atoms with Crippen LogP contribution >= 0.6 is 0 Å². The van der Waals surface area contributed by atoms with E-state index in [1.54, 1.807) is 6.08 Å². The highest BCUT2D eigenvalue weighted by Crippen LogP contribution is 2.36. The molecule has 5 rings (SSSR count). The number of benzene rings is 3. The molecule has 1 fully saturated rings. The van der Waals surface area contributed by atoms with Gasteiger partial charge in [0.25, 0.3) is 0 Å². The first kappa shape index (κ1) is 23.8. The van der Waals surface area contributed by atoms with Gasteiger partial charge in [0.15, 0.2) is 6.23 Å². The van der Waals surface area contributed by atoms with Crippen molar-refractivity contribution in [2.75, 3.05) is 6.61 Å². The van der Waals surface area contributed by atoms with Crippen LogP contribution in [0.4, 0.5) is 0 Å². The van der Waals surface area contributed by atoms with Crippen molar-refractivity contribution in [2.24, 2.45) is 0 Å². The van der Waals surface area contributed by atoms with Gasteiger partial charge < -0.3 is 9.84 Å². The van der Waals surface area contributed by atoms with Crippen LogP contribution in [0.3, 0.4) is 0 Å². The molecule has 2 heterocycles. The molecule has 1 unspecified atom stereocenters. The Kier molecular flexibility index (Phi) is 7.10. The van der Waals surface area contributed by atoms with Gasteiger partial charge in [0, 0.05) is 18.1 Å². The molecule has 36 heavy (non-hydrogen) atoms. The highest BCUT2D eigenvalue weighted by atomic mass is 16.5. The molecule has 1 N–H and O–H groups in total. The van der Waals surface area contributed by atoms with Gasteiger partial charge in [-0.2, -0.15) is 5.10 Å². The second-order valence-electron chi connectivity index (χ2n) is 9.05. The van der Waals surface area contributed by atoms with Crippen LogP contribution in [-0.4, -0.2) is 27.5 Å². The number of ether oxygens (including phenoxy) is 1. The van der Waals surface area contributed by atoms with Crippen molar-refractivity contribution < 1.29 is 14.6 Å². The zero-order chi connectivity index (χ0) is 24.9. The molecule has 1 aromatic heterocycles. The van der Waals surface area contributed by atoms with Crippen molar-refractivity contribution in [3.05, 3.63) is 107 Å². The van der Waals surface area contributed by atoms with Crippen LogP contribution in [0.5, 0.6) is 0 Å². The van der Waals surface area contributed by atoms with Gasteiger partial charge in [-0.15, -0.1) is 0 Å². The minimum absolute atomic E-state index is 0.000893. The van der Waals surface area contributed by atoms with Crippen LogP contribution in [0.2, 0.25) is 0 Å². The predicted octanol–water partition coefficient (Wildman–Crippen LogP) is 7.20. The monoisotopic (exact) mass is 478 g/mol. The molecule has 1 aliphatic heterocycles. The maximum Gasteiger partial charge on any atom is 0.328 e. The number of allylic oxidation sites excluding steroid dienone is 1. The number of aliphatic carboxylic acids is 1. The maximum absolute atomic E-state index is 10.9. The Morgan fingerprint density at radius 3 is 2.50 bits per heavy atom. The summed E-state index contributed by atoms with van der Waals surface area (Å²) >= 11 is 0. The molecule has 5 nitrogen and oxygen atoms in total. The molecule has 3 aromatic carbocycles. The summed E-state index contributed by atoms with van der Waals surface area (Å²) in [6, 6.07) is 25.1. The first-order valence-electron chi connectivity index (χ1n) is 12.5. The molecule has 1 atom stereocenters. The Balaban J connectivity index is 1.62. The highest BCUT2D eigenvalue weighted by molar-refractivity contribution is 6.00. The van der Waals surface area contributed by atoms with Crippen LogP contribution in [-0.2, 0) is 9.53 Å². The quantitative estimate of drug-likeness (QED) is 0.225. The van der Waals surface area contributed by atoms with E-state index < -0.39 is 5.97 Å². The smallest absolute Gasteiger partial charge is 0.328 e. The van der Waals surface area contributed by atoms with Gasteiger partial charge in [-0.1, -0.05) is 67.6 Å². The van der Waals surface area contributed by atoms with Gasteiger partial charge in [0.1, 0.15) is 0 Å². The normalized spacial score (nSPS) is 16.9. The van der Waals surface area contributed by atoms with Crippen LogP contribution in [0.15, 0.2) is 85.1 Å². The summed E-state index contributed by atoms with van der Waals surface area (Å²) in [5.74, 6) is -0.954. The van der Waals surface area contributed by atoms with Crippen LogP contribution in [0.1, 0.15) is 61.1 Å². The first-order valence-corrected chi connectivity index (χ1v) is 12.5. The highest BCUT2D eigenvalue weighted by Gasteiger charge is 2.20. The maximum atomic E-state index is 10.9. The topological polar surface area (TPSA) is 64.3 Å². The van der Waals surface area contributed by atoms with E-state index in [-0.39, 0.29) is 6.23 Å². The number of aromatic nitrogens is 2. The third-order valence-electron chi connectivity index (χ3n) is 6.71. The van der Waals surface area contributed by atoms with E-state index in [2.05, 4.69) is 66.6 Å². The summed E-state index contributed by atoms with van der Waals surface area (Å²) in [5.41, 5.74) is 7.76. The largest absolute Gasteiger partial charge is 0.478 e. The van der Waals surface area contributed by atoms with Crippen molar-refractivity contribution in [1.29, 1.82) is 0 Å². The molecule has 1 aliphatic rings. The Morgan fingerprint density at radius 2 is 1.81 bits per heavy atom. The van der Waals surface area contributed by atoms with Gasteiger partial charge in [-0.05, 0) is 77.3 Å². The molecule has 0 amide bonds. The summed E-state index contributed by atoms with van der Waals surface area (Å²) in [7, 11) is 0. The number of hydrogen-bond acceptors (Lipinski definition) is 3. The number of nitrogens with zero attached hydrogens (tertiary/aromatic N) is 2. The van der Waals surface area contributed by atoms with E-state index in [0.717, 1.165) is 66.0 Å². The lowest BCUT2D eigenvalue weighted by atomic mass is 9.87. The molecule has 1 saturated heterocycles. The van der Waals surface area contributed by atoms with Crippen LogP contribution in [0.25, 0.3) is 28.1 Å². The number of carboxylic acids is 1. The molecule has 182 valence electrons. The molecular formula is C31H30N2O3. The van der Waals surface area contributed by atoms with Crippen LogP contribution in [0, 0.1) is 0 Å². The predicted molar refractivity (Wildman–Crippen MR) is 144 cm³/mol. The summed E-state index contributed by atoms with van der Waals surface area (Å²) < 4.78 is 8.00. The fraction of sp³-hybridized carbons (Fsp3) is 0.226. The number of rotatable bonds is 7. The third-order valence-corrected chi connectivity index (χ3v) is 6.71. The zero-order valence-corrected chi connectivity index (χ0v) is 20.4. The molecule has 0 radical (unpaired) electrons. The molecule has 0 spiro atoms. The molecule has 0 bridgehead atoms. The average Bonchev–Trinajstić information content (AvgIpc) is 3.35. The first-order chi connectivity index (χ1) is 17.6. The van der Waals surface area contributed by atoms with Crippen molar-refractivity contribution in [3.63, 3.8) is 0 Å². The molecular weight excluding hydrogens is 448 g/mol. The fourth-order valence-electron chi connectivity index (χ4n) is 4.96. The lowest BCUT2D eigenvalue weighted by Crippen LogP contribution is -2.18. The summed E-state index contributed by atoms with van der Waals surface area (Å²) in [4.78, 5) is 10.9. The third kappa shape index (κ3) is 5.02. The molecule has 4 aromatic rings. The van der Waals surface area contributed by atoms with Gasteiger partial charge in [-0.25, -0.2) is 9.48 Å². The van der Waals surface area contributed by atoms with Crippen molar-refractivity contribution in [3.8, 4) is 0 Å². The lowest BCUT2D eigenvalue weighted by molar-refractivity contribution is -0.131. The number of carboxylic acid groups (broad SMARTS) is 1. The van der Waals surface area contributed by atoms with Crippen molar-refractivity contribution >= 4 is 34.1 Å². The second-order valence-corrected chi connectivity index (χ2v) is 9.05. The van der Waals surface area contributed by atoms with E-state index in [4.69, 9.17) is 9.84 Å². The van der Waals surface area contributed by atoms with Gasteiger partial charge in [-0.3, -0.25) is 0 Å². The number of fused-ring (bicyclic) bond motifs is 1. The Labute approximate surface area is 211 Å². The van der Waals surface area contributed by atoms with E-state index in [9.17, 15) is 4.79 Å². The SMILES string of the molecule is CC/C(=C(\c1ccc(C=CC(=O)O)cc1)c1ccc2c(cnn2C2CCCCO2)c1)c1ccccc1. The Hall–Kier alpha value is -3.96. The van der Waals surface area contributed by atoms with E-state index in [1.165, 1.54) is 16.7 Å². The Morgan fingerprint density at radius 1 is 1.03 bits per heavy atom. The molecule has 0 saturated carbocycles. The summed E-state index contributed by atoms with van der Waals surface area (Å²) in [6.45, 7) is 2.97. The Bertz CT molecular complexity index is 1410. The van der Waals surface area contributed by atoms with Gasteiger partial charge in [0.2, 0.25) is 0 Å². The van der Waals surface area contributed by atoms with Gasteiger partial charge in [0.05, 0.1) is 11.7 Å².